The van der Waals surface area contributed by atoms with E-state index in [0.717, 1.165) is 18.7 Å². The molecule has 0 unspecified atom stereocenters. The van der Waals surface area contributed by atoms with E-state index in [1.54, 1.807) is 0 Å². The zero-order valence-electron chi connectivity index (χ0n) is 11.0. The van der Waals surface area contributed by atoms with Gasteiger partial charge in [0.2, 0.25) is 0 Å². The van der Waals surface area contributed by atoms with Crippen molar-refractivity contribution in [2.75, 3.05) is 28.2 Å². The van der Waals surface area contributed by atoms with Crippen molar-refractivity contribution in [1.82, 2.24) is 19.4 Å². The Morgan fingerprint density at radius 1 is 1.12 bits per heavy atom. The molecule has 0 aliphatic carbocycles. The highest BCUT2D eigenvalue weighted by atomic mass is 15.2. The first kappa shape index (κ1) is 12.1. The van der Waals surface area contributed by atoms with Crippen LogP contribution < -0.4 is 0 Å². The van der Waals surface area contributed by atoms with Gasteiger partial charge in [-0.25, -0.2) is 4.98 Å². The summed E-state index contributed by atoms with van der Waals surface area (Å²) in [5.41, 5.74) is 3.57. The first-order chi connectivity index (χ1) is 8.06. The van der Waals surface area contributed by atoms with Crippen LogP contribution in [0.15, 0.2) is 24.5 Å². The molecule has 0 aliphatic heterocycles. The van der Waals surface area contributed by atoms with Crippen LogP contribution in [-0.2, 0) is 13.2 Å². The van der Waals surface area contributed by atoms with Crippen LogP contribution in [0.3, 0.4) is 0 Å². The van der Waals surface area contributed by atoms with Gasteiger partial charge in [-0.1, -0.05) is 6.07 Å². The summed E-state index contributed by atoms with van der Waals surface area (Å²) in [5.74, 6) is 0. The van der Waals surface area contributed by atoms with E-state index in [9.17, 15) is 0 Å². The molecule has 0 bridgehead atoms. The molecule has 0 spiro atoms. The number of benzene rings is 1. The predicted molar refractivity (Wildman–Crippen MR) is 70.8 cm³/mol. The van der Waals surface area contributed by atoms with E-state index in [4.69, 9.17) is 0 Å². The van der Waals surface area contributed by atoms with Crippen molar-refractivity contribution < 1.29 is 0 Å². The lowest BCUT2D eigenvalue weighted by Gasteiger charge is -2.12. The Kier molecular flexibility index (Phi) is 3.45. The van der Waals surface area contributed by atoms with Crippen LogP contribution in [-0.4, -0.2) is 47.5 Å². The lowest BCUT2D eigenvalue weighted by Crippen LogP contribution is -2.16. The fraction of sp³-hybridized carbons (Fsp3) is 0.462. The molecule has 1 heterocycles. The summed E-state index contributed by atoms with van der Waals surface area (Å²) in [7, 11) is 8.28. The van der Waals surface area contributed by atoms with Crippen molar-refractivity contribution >= 4 is 11.0 Å². The molecule has 4 nitrogen and oxygen atoms in total. The average molecular weight is 232 g/mol. The van der Waals surface area contributed by atoms with Crippen LogP contribution in [0, 0.1) is 0 Å². The quantitative estimate of drug-likeness (QED) is 0.800. The van der Waals surface area contributed by atoms with Crippen molar-refractivity contribution in [2.45, 2.75) is 13.2 Å². The second-order valence-electron chi connectivity index (χ2n) is 5.00. The van der Waals surface area contributed by atoms with Crippen LogP contribution in [0.4, 0.5) is 0 Å². The molecule has 0 atom stereocenters. The highest BCUT2D eigenvalue weighted by Gasteiger charge is 2.04. The molecule has 0 saturated carbocycles. The summed E-state index contributed by atoms with van der Waals surface area (Å²) in [4.78, 5) is 8.76. The van der Waals surface area contributed by atoms with Crippen LogP contribution >= 0.6 is 0 Å². The molecular formula is C13H20N4. The Bertz CT molecular complexity index is 499. The Morgan fingerprint density at radius 3 is 2.53 bits per heavy atom. The van der Waals surface area contributed by atoms with Gasteiger partial charge in [-0.15, -0.1) is 0 Å². The van der Waals surface area contributed by atoms with E-state index in [-0.39, 0.29) is 0 Å². The molecule has 0 aliphatic rings. The van der Waals surface area contributed by atoms with Gasteiger partial charge in [-0.3, -0.25) is 4.90 Å². The Balaban J connectivity index is 2.31. The number of aromatic nitrogens is 2. The SMILES string of the molecule is CN(C)Cc1ccc2c(c1)ncn2CN(C)C. The van der Waals surface area contributed by atoms with Gasteiger partial charge in [0.1, 0.15) is 0 Å². The van der Waals surface area contributed by atoms with Gasteiger partial charge in [0.05, 0.1) is 24.0 Å². The van der Waals surface area contributed by atoms with E-state index in [1.165, 1.54) is 11.1 Å². The minimum atomic E-state index is 0.865. The molecule has 1 aromatic heterocycles. The molecule has 0 amide bonds. The Morgan fingerprint density at radius 2 is 1.88 bits per heavy atom. The van der Waals surface area contributed by atoms with E-state index in [2.05, 4.69) is 65.7 Å². The van der Waals surface area contributed by atoms with Crippen molar-refractivity contribution in [2.24, 2.45) is 0 Å². The van der Waals surface area contributed by atoms with Crippen molar-refractivity contribution in [3.05, 3.63) is 30.1 Å². The largest absolute Gasteiger partial charge is 0.317 e. The molecule has 1 aromatic carbocycles. The third-order valence-electron chi connectivity index (χ3n) is 2.62. The van der Waals surface area contributed by atoms with Gasteiger partial charge in [0.25, 0.3) is 0 Å². The van der Waals surface area contributed by atoms with Crippen LogP contribution in [0.2, 0.25) is 0 Å². The third-order valence-corrected chi connectivity index (χ3v) is 2.62. The van der Waals surface area contributed by atoms with Gasteiger partial charge in [0.15, 0.2) is 0 Å². The number of nitrogens with zero attached hydrogens (tertiary/aromatic N) is 4. The van der Waals surface area contributed by atoms with Crippen molar-refractivity contribution in [1.29, 1.82) is 0 Å². The Labute approximate surface area is 102 Å². The molecule has 0 radical (unpaired) electrons. The third kappa shape index (κ3) is 2.84. The van der Waals surface area contributed by atoms with Gasteiger partial charge >= 0.3 is 0 Å². The highest BCUT2D eigenvalue weighted by Crippen LogP contribution is 2.15. The summed E-state index contributed by atoms with van der Waals surface area (Å²) in [5, 5.41) is 0. The maximum Gasteiger partial charge on any atom is 0.0969 e. The number of imidazole rings is 1. The predicted octanol–water partition coefficient (Wildman–Crippen LogP) is 1.62. The van der Waals surface area contributed by atoms with Crippen molar-refractivity contribution in [3.63, 3.8) is 0 Å². The molecule has 2 aromatic rings. The lowest BCUT2D eigenvalue weighted by atomic mass is 10.2. The van der Waals surface area contributed by atoms with E-state index >= 15 is 0 Å². The van der Waals surface area contributed by atoms with Crippen molar-refractivity contribution in [3.8, 4) is 0 Å². The molecular weight excluding hydrogens is 212 g/mol. The number of hydrogen-bond donors (Lipinski definition) is 0. The maximum absolute atomic E-state index is 4.46. The van der Waals surface area contributed by atoms with Gasteiger partial charge in [0, 0.05) is 6.54 Å². The van der Waals surface area contributed by atoms with Crippen LogP contribution in [0.5, 0.6) is 0 Å². The van der Waals surface area contributed by atoms with E-state index in [1.807, 2.05) is 6.33 Å². The number of hydrogen-bond acceptors (Lipinski definition) is 3. The summed E-state index contributed by atoms with van der Waals surface area (Å²) < 4.78 is 2.16. The smallest absolute Gasteiger partial charge is 0.0969 e. The van der Waals surface area contributed by atoms with Crippen LogP contribution in [0.25, 0.3) is 11.0 Å². The molecule has 92 valence electrons. The standard InChI is InChI=1S/C13H20N4/c1-15(2)8-11-5-6-13-12(7-11)14-9-17(13)10-16(3)4/h5-7,9H,8,10H2,1-4H3. The molecule has 0 fully saturated rings. The second-order valence-corrected chi connectivity index (χ2v) is 5.00. The fourth-order valence-electron chi connectivity index (χ4n) is 1.99. The monoisotopic (exact) mass is 232 g/mol. The van der Waals surface area contributed by atoms with Crippen LogP contribution in [0.1, 0.15) is 5.56 Å². The number of rotatable bonds is 4. The Hall–Kier alpha value is -1.39. The summed E-state index contributed by atoms with van der Waals surface area (Å²) in [6, 6.07) is 6.50. The topological polar surface area (TPSA) is 24.3 Å². The molecule has 17 heavy (non-hydrogen) atoms. The normalized spacial score (nSPS) is 11.9. The fourth-order valence-corrected chi connectivity index (χ4v) is 1.99. The summed E-state index contributed by atoms with van der Waals surface area (Å²) in [6.07, 6.45) is 1.91. The van der Waals surface area contributed by atoms with Gasteiger partial charge in [-0.05, 0) is 45.9 Å². The number of fused-ring (bicyclic) bond motifs is 1. The summed E-state index contributed by atoms with van der Waals surface area (Å²) >= 11 is 0. The maximum atomic E-state index is 4.46. The van der Waals surface area contributed by atoms with Gasteiger partial charge in [-0.2, -0.15) is 0 Å². The van der Waals surface area contributed by atoms with Gasteiger partial charge < -0.3 is 9.47 Å². The zero-order chi connectivity index (χ0) is 12.4. The molecule has 4 heteroatoms. The summed E-state index contributed by atoms with van der Waals surface area (Å²) in [6.45, 7) is 1.82. The first-order valence-corrected chi connectivity index (χ1v) is 5.79. The minimum Gasteiger partial charge on any atom is -0.317 e. The second kappa shape index (κ2) is 4.85. The van der Waals surface area contributed by atoms with E-state index in [0.29, 0.717) is 0 Å². The minimum absolute atomic E-state index is 0.865. The highest BCUT2D eigenvalue weighted by molar-refractivity contribution is 5.76. The molecule has 2 rings (SSSR count). The zero-order valence-corrected chi connectivity index (χ0v) is 11.0. The lowest BCUT2D eigenvalue weighted by molar-refractivity contribution is 0.331. The molecule has 0 saturated heterocycles. The molecule has 0 N–H and O–H groups in total. The van der Waals surface area contributed by atoms with E-state index < -0.39 is 0 Å². The average Bonchev–Trinajstić information content (AvgIpc) is 2.59. The first-order valence-electron chi connectivity index (χ1n) is 5.79.